The zero-order valence-corrected chi connectivity index (χ0v) is 26.3. The summed E-state index contributed by atoms with van der Waals surface area (Å²) in [6, 6.07) is 13.4. The molecule has 5 N–H and O–H groups in total. The molecule has 2 amide bonds. The number of morpholine rings is 1. The number of anilines is 1. The van der Waals surface area contributed by atoms with E-state index in [0.717, 1.165) is 0 Å². The summed E-state index contributed by atoms with van der Waals surface area (Å²) >= 11 is 0. The highest BCUT2D eigenvalue weighted by molar-refractivity contribution is 5.96. The maximum absolute atomic E-state index is 15.0. The van der Waals surface area contributed by atoms with Crippen LogP contribution in [0.5, 0.6) is 0 Å². The van der Waals surface area contributed by atoms with Crippen LogP contribution in [0, 0.1) is 17.5 Å². The lowest BCUT2D eigenvalue weighted by Crippen LogP contribution is -2.49. The average molecular weight is 712 g/mol. The number of carbonyl (C=O) groups excluding carboxylic acids is 2. The molecular weight excluding hydrogens is 677 g/mol. The highest BCUT2D eigenvalue weighted by atomic mass is 35.5. The Morgan fingerprint density at radius 3 is 2.09 bits per heavy atom. The van der Waals surface area contributed by atoms with Crippen LogP contribution in [0.3, 0.4) is 0 Å². The monoisotopic (exact) mass is 710 g/mol. The molecular formula is C31H34Cl2F6N4O4. The fourth-order valence-corrected chi connectivity index (χ4v) is 4.91. The van der Waals surface area contributed by atoms with E-state index in [-0.39, 0.29) is 61.8 Å². The lowest BCUT2D eigenvalue weighted by atomic mass is 9.85. The summed E-state index contributed by atoms with van der Waals surface area (Å²) in [5, 5.41) is 7.39. The molecule has 0 aliphatic carbocycles. The topological polar surface area (TPSA) is 115 Å². The molecule has 0 spiro atoms. The molecule has 0 saturated carbocycles. The summed E-state index contributed by atoms with van der Waals surface area (Å²) < 4.78 is 89.4. The fraction of sp³-hybridized carbons (Fsp3) is 0.355. The van der Waals surface area contributed by atoms with E-state index < -0.39 is 60.2 Å². The van der Waals surface area contributed by atoms with Crippen molar-refractivity contribution in [3.63, 3.8) is 0 Å². The number of alkyl carbamates (subject to hydrolysis) is 1. The molecule has 1 aliphatic heterocycles. The van der Waals surface area contributed by atoms with Crippen molar-refractivity contribution in [2.24, 2.45) is 5.73 Å². The van der Waals surface area contributed by atoms with Crippen LogP contribution in [0.25, 0.3) is 0 Å². The summed E-state index contributed by atoms with van der Waals surface area (Å²) in [5.41, 5.74) is 7.88. The molecule has 3 aromatic rings. The maximum Gasteiger partial charge on any atom is 0.407 e. The summed E-state index contributed by atoms with van der Waals surface area (Å²) in [6.07, 6.45) is -5.61. The number of ether oxygens (including phenoxy) is 2. The lowest BCUT2D eigenvalue weighted by molar-refractivity contribution is -0.124. The Morgan fingerprint density at radius 2 is 1.55 bits per heavy atom. The van der Waals surface area contributed by atoms with Crippen molar-refractivity contribution >= 4 is 42.5 Å². The Labute approximate surface area is 279 Å². The predicted molar refractivity (Wildman–Crippen MR) is 167 cm³/mol. The van der Waals surface area contributed by atoms with Gasteiger partial charge in [-0.3, -0.25) is 4.79 Å². The van der Waals surface area contributed by atoms with Crippen molar-refractivity contribution in [1.29, 1.82) is 0 Å². The highest BCUT2D eigenvalue weighted by Gasteiger charge is 2.30. The van der Waals surface area contributed by atoms with E-state index in [9.17, 15) is 35.9 Å². The third kappa shape index (κ3) is 11.9. The quantitative estimate of drug-likeness (QED) is 0.192. The summed E-state index contributed by atoms with van der Waals surface area (Å²) in [5.74, 6) is -2.93. The van der Waals surface area contributed by atoms with Gasteiger partial charge in [-0.25, -0.2) is 18.0 Å². The number of amides is 2. The number of rotatable bonds is 11. The smallest absolute Gasteiger partial charge is 0.407 e. The Morgan fingerprint density at radius 1 is 0.957 bits per heavy atom. The van der Waals surface area contributed by atoms with Crippen molar-refractivity contribution in [3.8, 4) is 0 Å². The minimum absolute atomic E-state index is 0. The molecule has 0 unspecified atom stereocenters. The second kappa shape index (κ2) is 18.1. The Kier molecular flexibility index (Phi) is 15.3. The molecule has 3 aromatic carbocycles. The summed E-state index contributed by atoms with van der Waals surface area (Å²) in [6.45, 7) is -1.32. The van der Waals surface area contributed by atoms with E-state index in [0.29, 0.717) is 24.1 Å². The van der Waals surface area contributed by atoms with Crippen LogP contribution in [-0.4, -0.2) is 62.7 Å². The van der Waals surface area contributed by atoms with Crippen molar-refractivity contribution in [3.05, 3.63) is 101 Å². The largest absolute Gasteiger partial charge is 0.448 e. The van der Waals surface area contributed by atoms with Gasteiger partial charge >= 0.3 is 12.3 Å². The van der Waals surface area contributed by atoms with Crippen molar-refractivity contribution in [2.45, 2.75) is 43.1 Å². The average Bonchev–Trinajstić information content (AvgIpc) is 3.01. The molecule has 1 fully saturated rings. The van der Waals surface area contributed by atoms with Crippen LogP contribution in [0.1, 0.15) is 29.0 Å². The number of alkyl halides is 3. The van der Waals surface area contributed by atoms with E-state index >= 15 is 0 Å². The summed E-state index contributed by atoms with van der Waals surface area (Å²) in [7, 11) is 0. The van der Waals surface area contributed by atoms with Crippen molar-refractivity contribution in [1.82, 2.24) is 10.6 Å². The van der Waals surface area contributed by atoms with Gasteiger partial charge in [0.05, 0.1) is 24.8 Å². The third-order valence-corrected chi connectivity index (χ3v) is 7.23. The highest BCUT2D eigenvalue weighted by Crippen LogP contribution is 2.30. The molecule has 1 saturated heterocycles. The zero-order chi connectivity index (χ0) is 32.6. The van der Waals surface area contributed by atoms with Crippen molar-refractivity contribution < 1.29 is 45.4 Å². The molecule has 16 heteroatoms. The van der Waals surface area contributed by atoms with Crippen LogP contribution in [0.4, 0.5) is 36.8 Å². The minimum atomic E-state index is -4.55. The molecule has 0 bridgehead atoms. The number of nitrogens with one attached hydrogen (secondary N) is 3. The van der Waals surface area contributed by atoms with Crippen LogP contribution in [0.2, 0.25) is 0 Å². The van der Waals surface area contributed by atoms with Crippen LogP contribution >= 0.6 is 24.8 Å². The van der Waals surface area contributed by atoms with Gasteiger partial charge in [-0.2, -0.15) is 13.2 Å². The first-order valence-electron chi connectivity index (χ1n) is 14.1. The first-order chi connectivity index (χ1) is 21.4. The van der Waals surface area contributed by atoms with E-state index in [1.807, 2.05) is 0 Å². The number of halogens is 8. The zero-order valence-electron chi connectivity index (χ0n) is 24.7. The lowest BCUT2D eigenvalue weighted by Gasteiger charge is -2.30. The molecule has 4 rings (SSSR count). The van der Waals surface area contributed by atoms with Crippen LogP contribution in [-0.2, 0) is 20.7 Å². The molecule has 0 aromatic heterocycles. The number of benzene rings is 3. The number of hydrogen-bond donors (Lipinski definition) is 4. The third-order valence-electron chi connectivity index (χ3n) is 7.23. The van der Waals surface area contributed by atoms with Gasteiger partial charge in [0.15, 0.2) is 0 Å². The van der Waals surface area contributed by atoms with E-state index in [4.69, 9.17) is 15.2 Å². The van der Waals surface area contributed by atoms with Gasteiger partial charge in [0.25, 0.3) is 0 Å². The van der Waals surface area contributed by atoms with Crippen LogP contribution in [0.15, 0.2) is 66.7 Å². The maximum atomic E-state index is 15.0. The molecule has 47 heavy (non-hydrogen) atoms. The minimum Gasteiger partial charge on any atom is -0.448 e. The first-order valence-corrected chi connectivity index (χ1v) is 14.1. The van der Waals surface area contributed by atoms with Gasteiger partial charge in [-0.15, -0.1) is 24.8 Å². The normalized spacial score (nSPS) is 16.8. The predicted octanol–water partition coefficient (Wildman–Crippen LogP) is 5.62. The van der Waals surface area contributed by atoms with Gasteiger partial charge in [0.1, 0.15) is 30.6 Å². The Hall–Kier alpha value is -3.56. The fourth-order valence-electron chi connectivity index (χ4n) is 4.91. The number of nitrogens with two attached hydrogens (primary N) is 1. The Balaban J connectivity index is 0.00000384. The van der Waals surface area contributed by atoms with Gasteiger partial charge in [-0.05, 0) is 60.4 Å². The molecule has 1 aliphatic rings. The van der Waals surface area contributed by atoms with Gasteiger partial charge < -0.3 is 31.2 Å². The van der Waals surface area contributed by atoms with E-state index in [1.54, 1.807) is 5.32 Å². The number of hydrogen-bond acceptors (Lipinski definition) is 6. The molecule has 0 radical (unpaired) electrons. The second-order valence-electron chi connectivity index (χ2n) is 10.5. The second-order valence-corrected chi connectivity index (χ2v) is 10.5. The van der Waals surface area contributed by atoms with Crippen molar-refractivity contribution in [2.75, 3.05) is 31.6 Å². The van der Waals surface area contributed by atoms with Gasteiger partial charge in [0.2, 0.25) is 5.91 Å². The summed E-state index contributed by atoms with van der Waals surface area (Å²) in [4.78, 5) is 24.8. The standard InChI is InChI=1S/C31H32F6N4O4.2ClH/c32-20-8-4-18(5-9-20)27(19-6-10-21(33)11-7-19)28(38)29(42)41-26-3-1-2-25(34)24(26)13-12-23-14-39-22(15-44-23)16-45-30(43)40-17-31(35,36)37;;/h1-11,22-23,27-28,39H,12-17,38H2,(H,40,43)(H,41,42);2*1H/t22-,23+,28-;;/m0../s1. The van der Waals surface area contributed by atoms with E-state index in [2.05, 4.69) is 10.6 Å². The van der Waals surface area contributed by atoms with Gasteiger partial charge in [-0.1, -0.05) is 30.3 Å². The number of carbonyl (C=O) groups is 2. The molecule has 3 atom stereocenters. The van der Waals surface area contributed by atoms with Gasteiger partial charge in [0, 0.05) is 23.7 Å². The molecule has 1 heterocycles. The Bertz CT molecular complexity index is 1400. The molecule has 258 valence electrons. The van der Waals surface area contributed by atoms with Crippen LogP contribution < -0.4 is 21.7 Å². The van der Waals surface area contributed by atoms with E-state index in [1.165, 1.54) is 66.7 Å². The molecule has 8 nitrogen and oxygen atoms in total. The SMILES string of the molecule is Cl.Cl.N[C@H](C(=O)Nc1cccc(F)c1CC[C@@H]1CN[C@H](COC(=O)NCC(F)(F)F)CO1)C(c1ccc(F)cc1)c1ccc(F)cc1. The first kappa shape index (κ1) is 39.6.